The zero-order valence-corrected chi connectivity index (χ0v) is 15.9. The zero-order valence-electron chi connectivity index (χ0n) is 14.2. The smallest absolute Gasteiger partial charge is 0.261 e. The molecule has 0 heterocycles. The number of hydrogen-bond acceptors (Lipinski definition) is 4. The topological polar surface area (TPSA) is 92.3 Å². The molecule has 0 atom stereocenters. The van der Waals surface area contributed by atoms with Crippen LogP contribution < -0.4 is 9.44 Å². The first-order valence-corrected chi connectivity index (χ1v) is 11.0. The molecule has 0 amide bonds. The lowest BCUT2D eigenvalue weighted by molar-refractivity contribution is 0.581. The molecule has 0 aliphatic carbocycles. The van der Waals surface area contributed by atoms with E-state index >= 15 is 0 Å². The molecule has 0 aromatic heterocycles. The van der Waals surface area contributed by atoms with E-state index in [1.165, 1.54) is 36.4 Å². The van der Waals surface area contributed by atoms with Crippen molar-refractivity contribution in [3.8, 4) is 0 Å². The molecule has 140 valence electrons. The Kier molecular flexibility index (Phi) is 5.59. The number of sulfonamides is 2. The Morgan fingerprint density at radius 1 is 0.593 bits per heavy atom. The highest BCUT2D eigenvalue weighted by Crippen LogP contribution is 2.18. The van der Waals surface area contributed by atoms with E-state index in [1.807, 2.05) is 30.3 Å². The molecule has 8 heteroatoms. The third-order valence-electron chi connectivity index (χ3n) is 3.78. The van der Waals surface area contributed by atoms with Gasteiger partial charge in [-0.15, -0.1) is 0 Å². The second-order valence-electron chi connectivity index (χ2n) is 5.75. The second-order valence-corrected chi connectivity index (χ2v) is 9.20. The van der Waals surface area contributed by atoms with Crippen LogP contribution in [0.2, 0.25) is 0 Å². The summed E-state index contributed by atoms with van der Waals surface area (Å²) in [6, 6.07) is 22.6. The van der Waals surface area contributed by atoms with Crippen LogP contribution in [0.4, 0.5) is 5.69 Å². The van der Waals surface area contributed by atoms with Gasteiger partial charge in [0.05, 0.1) is 9.79 Å². The number of hydrogen-bond donors (Lipinski definition) is 2. The fourth-order valence-corrected chi connectivity index (χ4v) is 4.47. The van der Waals surface area contributed by atoms with E-state index in [4.69, 9.17) is 0 Å². The monoisotopic (exact) mass is 402 g/mol. The summed E-state index contributed by atoms with van der Waals surface area (Å²) in [5.41, 5.74) is 1.12. The average molecular weight is 402 g/mol. The summed E-state index contributed by atoms with van der Waals surface area (Å²) in [5.74, 6) is 0. The highest BCUT2D eigenvalue weighted by Gasteiger charge is 2.16. The maximum Gasteiger partial charge on any atom is 0.261 e. The molecular weight excluding hydrogens is 384 g/mol. The molecule has 0 spiro atoms. The molecule has 27 heavy (non-hydrogen) atoms. The normalized spacial score (nSPS) is 11.9. The molecule has 0 saturated carbocycles. The summed E-state index contributed by atoms with van der Waals surface area (Å²) in [7, 11) is -7.42. The van der Waals surface area contributed by atoms with E-state index in [1.54, 1.807) is 18.2 Å². The first-order valence-electron chi connectivity index (χ1n) is 8.08. The van der Waals surface area contributed by atoms with E-state index in [-0.39, 0.29) is 22.0 Å². The highest BCUT2D eigenvalue weighted by atomic mass is 32.2. The SMILES string of the molecule is O=S(=O)(NCc1ccccc1)c1ccc(NS(=O)(=O)c2ccccc2)cc1. The molecule has 3 rings (SSSR count). The van der Waals surface area contributed by atoms with Crippen LogP contribution in [0.15, 0.2) is 94.7 Å². The summed E-state index contributed by atoms with van der Waals surface area (Å²) in [6.07, 6.45) is 0. The number of rotatable bonds is 7. The summed E-state index contributed by atoms with van der Waals surface area (Å²) in [4.78, 5) is 0.187. The van der Waals surface area contributed by atoms with Gasteiger partial charge in [0.1, 0.15) is 0 Å². The fourth-order valence-electron chi connectivity index (χ4n) is 2.37. The van der Waals surface area contributed by atoms with Gasteiger partial charge in [-0.2, -0.15) is 0 Å². The first kappa shape index (κ1) is 19.1. The molecule has 2 N–H and O–H groups in total. The Balaban J connectivity index is 1.71. The van der Waals surface area contributed by atoms with Crippen LogP contribution >= 0.6 is 0 Å². The standard InChI is InChI=1S/C19H18N2O4S2/c22-26(23,20-15-16-7-3-1-4-8-16)19-13-11-17(12-14-19)21-27(24,25)18-9-5-2-6-10-18/h1-14,20-21H,15H2. The maximum atomic E-state index is 12.4. The van der Waals surface area contributed by atoms with E-state index in [0.717, 1.165) is 5.56 Å². The lowest BCUT2D eigenvalue weighted by atomic mass is 10.2. The molecule has 0 unspecified atom stereocenters. The Hall–Kier alpha value is -2.68. The quantitative estimate of drug-likeness (QED) is 0.635. The van der Waals surface area contributed by atoms with E-state index in [0.29, 0.717) is 0 Å². The number of anilines is 1. The minimum Gasteiger partial charge on any atom is -0.280 e. The Morgan fingerprint density at radius 3 is 1.70 bits per heavy atom. The largest absolute Gasteiger partial charge is 0.280 e. The molecule has 0 saturated heterocycles. The van der Waals surface area contributed by atoms with Crippen molar-refractivity contribution in [2.75, 3.05) is 4.72 Å². The summed E-state index contributed by atoms with van der Waals surface area (Å²) < 4.78 is 54.3. The molecule has 3 aromatic carbocycles. The van der Waals surface area contributed by atoms with Gasteiger partial charge in [0, 0.05) is 12.2 Å². The van der Waals surface area contributed by atoms with Crippen LogP contribution in [0, 0.1) is 0 Å². The highest BCUT2D eigenvalue weighted by molar-refractivity contribution is 7.92. The van der Waals surface area contributed by atoms with Crippen LogP contribution in [0.3, 0.4) is 0 Å². The van der Waals surface area contributed by atoms with Crippen molar-refractivity contribution in [2.45, 2.75) is 16.3 Å². The minimum atomic E-state index is -3.72. The van der Waals surface area contributed by atoms with Gasteiger partial charge in [0.15, 0.2) is 0 Å². The lowest BCUT2D eigenvalue weighted by Gasteiger charge is -2.10. The zero-order chi connectivity index (χ0) is 19.3. The van der Waals surface area contributed by atoms with Gasteiger partial charge in [-0.3, -0.25) is 4.72 Å². The van der Waals surface area contributed by atoms with Gasteiger partial charge in [-0.1, -0.05) is 48.5 Å². The van der Waals surface area contributed by atoms with Gasteiger partial charge in [0.2, 0.25) is 10.0 Å². The van der Waals surface area contributed by atoms with Crippen molar-refractivity contribution in [2.24, 2.45) is 0 Å². The van der Waals surface area contributed by atoms with E-state index < -0.39 is 20.0 Å². The first-order chi connectivity index (χ1) is 12.9. The fraction of sp³-hybridized carbons (Fsp3) is 0.0526. The molecule has 0 aliphatic heterocycles. The molecule has 0 fully saturated rings. The average Bonchev–Trinajstić information content (AvgIpc) is 2.68. The molecule has 0 aliphatic rings. The van der Waals surface area contributed by atoms with Gasteiger partial charge < -0.3 is 0 Å². The molecular formula is C19H18N2O4S2. The molecule has 6 nitrogen and oxygen atoms in total. The van der Waals surface area contributed by atoms with Crippen LogP contribution in [0.25, 0.3) is 0 Å². The molecule has 0 radical (unpaired) electrons. The third-order valence-corrected chi connectivity index (χ3v) is 6.59. The summed E-state index contributed by atoms with van der Waals surface area (Å²) >= 11 is 0. The van der Waals surface area contributed by atoms with Gasteiger partial charge >= 0.3 is 0 Å². The van der Waals surface area contributed by atoms with Crippen molar-refractivity contribution < 1.29 is 16.8 Å². The minimum absolute atomic E-state index is 0.0566. The second kappa shape index (κ2) is 7.91. The predicted molar refractivity (Wildman–Crippen MR) is 104 cm³/mol. The third kappa shape index (κ3) is 4.94. The maximum absolute atomic E-state index is 12.4. The van der Waals surface area contributed by atoms with Crippen LogP contribution in [0.1, 0.15) is 5.56 Å². The summed E-state index contributed by atoms with van der Waals surface area (Å²) in [5, 5.41) is 0. The number of benzene rings is 3. The number of nitrogens with one attached hydrogen (secondary N) is 2. The van der Waals surface area contributed by atoms with E-state index in [9.17, 15) is 16.8 Å². The van der Waals surface area contributed by atoms with Gasteiger partial charge in [-0.05, 0) is 42.0 Å². The Morgan fingerprint density at radius 2 is 1.11 bits per heavy atom. The van der Waals surface area contributed by atoms with Crippen LogP contribution in [-0.4, -0.2) is 16.8 Å². The van der Waals surface area contributed by atoms with E-state index in [2.05, 4.69) is 9.44 Å². The Bertz CT molecular complexity index is 1100. The molecule has 0 bridgehead atoms. The van der Waals surface area contributed by atoms with Crippen molar-refractivity contribution >= 4 is 25.7 Å². The predicted octanol–water partition coefficient (Wildman–Crippen LogP) is 2.97. The van der Waals surface area contributed by atoms with Crippen LogP contribution in [0.5, 0.6) is 0 Å². The van der Waals surface area contributed by atoms with Crippen molar-refractivity contribution in [1.29, 1.82) is 0 Å². The molecule has 3 aromatic rings. The van der Waals surface area contributed by atoms with Gasteiger partial charge in [0.25, 0.3) is 10.0 Å². The summed E-state index contributed by atoms with van der Waals surface area (Å²) in [6.45, 7) is 0.172. The van der Waals surface area contributed by atoms with Gasteiger partial charge in [-0.25, -0.2) is 21.6 Å². The van der Waals surface area contributed by atoms with Crippen molar-refractivity contribution in [1.82, 2.24) is 4.72 Å². The Labute approximate surface area is 159 Å². The van der Waals surface area contributed by atoms with Crippen molar-refractivity contribution in [3.63, 3.8) is 0 Å². The lowest BCUT2D eigenvalue weighted by Crippen LogP contribution is -2.23. The van der Waals surface area contributed by atoms with Crippen molar-refractivity contribution in [3.05, 3.63) is 90.5 Å². The van der Waals surface area contributed by atoms with Crippen LogP contribution in [-0.2, 0) is 26.6 Å².